The average Bonchev–Trinajstić information content (AvgIpc) is 2.73. The lowest BCUT2D eigenvalue weighted by atomic mass is 10.0. The third-order valence-electron chi connectivity index (χ3n) is 5.04. The van der Waals surface area contributed by atoms with Crippen LogP contribution in [-0.4, -0.2) is 56.0 Å². The van der Waals surface area contributed by atoms with Crippen molar-refractivity contribution in [3.63, 3.8) is 0 Å². The molecule has 29 heavy (non-hydrogen) atoms. The van der Waals surface area contributed by atoms with E-state index >= 15 is 0 Å². The lowest BCUT2D eigenvalue weighted by Crippen LogP contribution is -2.47. The summed E-state index contributed by atoms with van der Waals surface area (Å²) in [6, 6.07) is 10.8. The first-order valence-electron chi connectivity index (χ1n) is 9.97. The lowest BCUT2D eigenvalue weighted by molar-refractivity contribution is 0.0861. The van der Waals surface area contributed by atoms with Crippen molar-refractivity contribution in [2.24, 2.45) is 0 Å². The Balaban J connectivity index is 1.64. The third-order valence-corrected chi connectivity index (χ3v) is 6.41. The SMILES string of the molecule is CCCCS(=O)(=O)Nc1ccc(C(=O)CN2CCNCC2c2ccncc2)cc1. The smallest absolute Gasteiger partial charge is 0.232 e. The van der Waals surface area contributed by atoms with Crippen LogP contribution in [0.5, 0.6) is 0 Å². The normalized spacial score (nSPS) is 17.8. The molecular weight excluding hydrogens is 388 g/mol. The second kappa shape index (κ2) is 9.96. The molecule has 1 aliphatic rings. The van der Waals surface area contributed by atoms with Crippen LogP contribution in [0.15, 0.2) is 48.8 Å². The molecule has 1 fully saturated rings. The van der Waals surface area contributed by atoms with Crippen molar-refractivity contribution in [3.05, 3.63) is 59.9 Å². The van der Waals surface area contributed by atoms with Crippen molar-refractivity contribution in [3.8, 4) is 0 Å². The van der Waals surface area contributed by atoms with Gasteiger partial charge in [0.1, 0.15) is 0 Å². The van der Waals surface area contributed by atoms with Crippen LogP contribution in [0.3, 0.4) is 0 Å². The number of Topliss-reactive ketones (excluding diaryl/α,β-unsaturated/α-hetero) is 1. The maximum absolute atomic E-state index is 12.8. The fraction of sp³-hybridized carbons (Fsp3) is 0.429. The zero-order chi connectivity index (χ0) is 20.7. The zero-order valence-corrected chi connectivity index (χ0v) is 17.5. The highest BCUT2D eigenvalue weighted by atomic mass is 32.2. The lowest BCUT2D eigenvalue weighted by Gasteiger charge is -2.36. The predicted molar refractivity (Wildman–Crippen MR) is 115 cm³/mol. The highest BCUT2D eigenvalue weighted by Gasteiger charge is 2.25. The number of pyridine rings is 1. The van der Waals surface area contributed by atoms with Gasteiger partial charge in [0, 0.05) is 49.3 Å². The van der Waals surface area contributed by atoms with Gasteiger partial charge in [-0.2, -0.15) is 0 Å². The van der Waals surface area contributed by atoms with Crippen molar-refractivity contribution in [2.75, 3.05) is 36.7 Å². The van der Waals surface area contributed by atoms with Gasteiger partial charge >= 0.3 is 0 Å². The topological polar surface area (TPSA) is 91.4 Å². The van der Waals surface area contributed by atoms with Gasteiger partial charge in [0.25, 0.3) is 0 Å². The van der Waals surface area contributed by atoms with E-state index < -0.39 is 10.0 Å². The Morgan fingerprint density at radius 2 is 1.93 bits per heavy atom. The maximum atomic E-state index is 12.8. The number of anilines is 1. The summed E-state index contributed by atoms with van der Waals surface area (Å²) in [5, 5.41) is 3.38. The van der Waals surface area contributed by atoms with E-state index in [1.807, 2.05) is 19.1 Å². The van der Waals surface area contributed by atoms with Gasteiger partial charge < -0.3 is 5.32 Å². The van der Waals surface area contributed by atoms with Crippen LogP contribution >= 0.6 is 0 Å². The molecule has 2 N–H and O–H groups in total. The quantitative estimate of drug-likeness (QED) is 0.610. The number of nitrogens with zero attached hydrogens (tertiary/aromatic N) is 2. The zero-order valence-electron chi connectivity index (χ0n) is 16.7. The first kappa shape index (κ1) is 21.4. The summed E-state index contributed by atoms with van der Waals surface area (Å²) in [5.41, 5.74) is 2.19. The largest absolute Gasteiger partial charge is 0.314 e. The standard InChI is InChI=1S/C21H28N4O3S/c1-2-3-14-29(27,28)24-19-6-4-18(5-7-19)21(26)16-25-13-12-23-15-20(25)17-8-10-22-11-9-17/h4-11,20,23-24H,2-3,12-16H2,1H3. The molecule has 2 heterocycles. The van der Waals surface area contributed by atoms with Crippen LogP contribution in [0.2, 0.25) is 0 Å². The minimum absolute atomic E-state index is 0.0198. The number of rotatable bonds is 9. The molecular formula is C21H28N4O3S. The number of sulfonamides is 1. The summed E-state index contributed by atoms with van der Waals surface area (Å²) < 4.78 is 26.6. The number of carbonyl (C=O) groups excluding carboxylic acids is 1. The van der Waals surface area contributed by atoms with E-state index in [2.05, 4.69) is 19.9 Å². The number of unbranched alkanes of at least 4 members (excludes halogenated alkanes) is 1. The van der Waals surface area contributed by atoms with E-state index in [0.717, 1.165) is 31.6 Å². The number of piperazine rings is 1. The van der Waals surface area contributed by atoms with Gasteiger partial charge in [0.2, 0.25) is 10.0 Å². The molecule has 1 aliphatic heterocycles. The summed E-state index contributed by atoms with van der Waals surface area (Å²) in [4.78, 5) is 19.1. The minimum Gasteiger partial charge on any atom is -0.314 e. The van der Waals surface area contributed by atoms with Crippen LogP contribution in [0.1, 0.15) is 41.7 Å². The van der Waals surface area contributed by atoms with Crippen molar-refractivity contribution in [1.82, 2.24) is 15.2 Å². The van der Waals surface area contributed by atoms with Gasteiger partial charge in [0.15, 0.2) is 5.78 Å². The number of hydrogen-bond acceptors (Lipinski definition) is 6. The molecule has 156 valence electrons. The van der Waals surface area contributed by atoms with E-state index in [4.69, 9.17) is 0 Å². The summed E-state index contributed by atoms with van der Waals surface area (Å²) in [6.07, 6.45) is 4.98. The van der Waals surface area contributed by atoms with E-state index in [1.165, 1.54) is 0 Å². The van der Waals surface area contributed by atoms with Crippen LogP contribution in [0.4, 0.5) is 5.69 Å². The molecule has 0 bridgehead atoms. The first-order valence-corrected chi connectivity index (χ1v) is 11.6. The summed E-state index contributed by atoms with van der Waals surface area (Å²) in [7, 11) is -3.35. The van der Waals surface area contributed by atoms with Crippen molar-refractivity contribution in [1.29, 1.82) is 0 Å². The highest BCUT2D eigenvalue weighted by molar-refractivity contribution is 7.92. The van der Waals surface area contributed by atoms with Crippen LogP contribution in [0.25, 0.3) is 0 Å². The maximum Gasteiger partial charge on any atom is 0.232 e. The molecule has 3 rings (SSSR count). The van der Waals surface area contributed by atoms with Crippen molar-refractivity contribution >= 4 is 21.5 Å². The number of carbonyl (C=O) groups is 1. The summed E-state index contributed by atoms with van der Waals surface area (Å²) in [5.74, 6) is 0.121. The second-order valence-electron chi connectivity index (χ2n) is 7.25. The Labute approximate surface area is 172 Å². The average molecular weight is 417 g/mol. The van der Waals surface area contributed by atoms with E-state index in [1.54, 1.807) is 36.7 Å². The van der Waals surface area contributed by atoms with Gasteiger partial charge in [-0.1, -0.05) is 13.3 Å². The molecule has 0 saturated carbocycles. The molecule has 1 saturated heterocycles. The molecule has 1 aromatic heterocycles. The van der Waals surface area contributed by atoms with Gasteiger partial charge in [0.05, 0.1) is 12.3 Å². The van der Waals surface area contributed by atoms with E-state index in [-0.39, 0.29) is 17.6 Å². The molecule has 8 heteroatoms. The van der Waals surface area contributed by atoms with E-state index in [0.29, 0.717) is 24.2 Å². The summed E-state index contributed by atoms with van der Waals surface area (Å²) in [6.45, 7) is 4.68. The Kier molecular flexibility index (Phi) is 7.35. The predicted octanol–water partition coefficient (Wildman–Crippen LogP) is 2.45. The number of benzene rings is 1. The molecule has 0 aliphatic carbocycles. The minimum atomic E-state index is -3.35. The van der Waals surface area contributed by atoms with Gasteiger partial charge in [-0.25, -0.2) is 8.42 Å². The molecule has 1 atom stereocenters. The molecule has 7 nitrogen and oxygen atoms in total. The number of hydrogen-bond donors (Lipinski definition) is 2. The Hall–Kier alpha value is -2.29. The van der Waals surface area contributed by atoms with Crippen LogP contribution in [0, 0.1) is 0 Å². The highest BCUT2D eigenvalue weighted by Crippen LogP contribution is 2.22. The van der Waals surface area contributed by atoms with Crippen molar-refractivity contribution < 1.29 is 13.2 Å². The fourth-order valence-corrected chi connectivity index (χ4v) is 4.68. The Morgan fingerprint density at radius 1 is 1.21 bits per heavy atom. The fourth-order valence-electron chi connectivity index (χ4n) is 3.41. The third kappa shape index (κ3) is 6.09. The summed E-state index contributed by atoms with van der Waals surface area (Å²) >= 11 is 0. The van der Waals surface area contributed by atoms with E-state index in [9.17, 15) is 13.2 Å². The molecule has 0 amide bonds. The number of aromatic nitrogens is 1. The molecule has 1 aromatic carbocycles. The van der Waals surface area contributed by atoms with Crippen LogP contribution < -0.4 is 10.0 Å². The molecule has 0 radical (unpaired) electrons. The number of nitrogens with one attached hydrogen (secondary N) is 2. The molecule has 2 aromatic rings. The monoisotopic (exact) mass is 416 g/mol. The molecule has 0 spiro atoms. The Morgan fingerprint density at radius 3 is 2.62 bits per heavy atom. The second-order valence-corrected chi connectivity index (χ2v) is 9.09. The number of ketones is 1. The van der Waals surface area contributed by atoms with Gasteiger partial charge in [-0.05, 0) is 48.4 Å². The van der Waals surface area contributed by atoms with Gasteiger partial charge in [-0.3, -0.25) is 19.4 Å². The van der Waals surface area contributed by atoms with Gasteiger partial charge in [-0.15, -0.1) is 0 Å². The van der Waals surface area contributed by atoms with Crippen LogP contribution in [-0.2, 0) is 10.0 Å². The van der Waals surface area contributed by atoms with Crippen molar-refractivity contribution in [2.45, 2.75) is 25.8 Å². The first-order chi connectivity index (χ1) is 14.0. The molecule has 1 unspecified atom stereocenters. The Bertz CT molecular complexity index is 901.